The molecule has 1 heterocycles. The molecule has 0 aromatic heterocycles. The van der Waals surface area contributed by atoms with Crippen molar-refractivity contribution in [2.24, 2.45) is 0 Å². The molecule has 2 unspecified atom stereocenters. The standard InChI is InChI=1S/C16H25NO3/c18-15(10-17-11-16-8-4-5-9-20-16)13-19-12-14-6-2-1-3-7-14/h1-3,6-7,15-18H,4-5,8-13H2. The second-order valence-electron chi connectivity index (χ2n) is 5.30. The van der Waals surface area contributed by atoms with Crippen molar-refractivity contribution in [1.82, 2.24) is 5.32 Å². The van der Waals surface area contributed by atoms with Crippen molar-refractivity contribution < 1.29 is 14.6 Å². The van der Waals surface area contributed by atoms with Gasteiger partial charge in [-0.1, -0.05) is 30.3 Å². The summed E-state index contributed by atoms with van der Waals surface area (Å²) in [5, 5.41) is 13.1. The molecule has 0 aliphatic carbocycles. The van der Waals surface area contributed by atoms with Crippen molar-refractivity contribution in [2.45, 2.75) is 38.1 Å². The van der Waals surface area contributed by atoms with Crippen LogP contribution in [0.25, 0.3) is 0 Å². The number of ether oxygens (including phenoxy) is 2. The molecule has 1 fully saturated rings. The maximum absolute atomic E-state index is 9.83. The summed E-state index contributed by atoms with van der Waals surface area (Å²) in [6.07, 6.45) is 3.37. The van der Waals surface area contributed by atoms with Gasteiger partial charge in [-0.2, -0.15) is 0 Å². The lowest BCUT2D eigenvalue weighted by atomic mass is 10.1. The highest BCUT2D eigenvalue weighted by molar-refractivity contribution is 5.13. The zero-order valence-corrected chi connectivity index (χ0v) is 12.0. The van der Waals surface area contributed by atoms with E-state index in [1.165, 1.54) is 12.8 Å². The summed E-state index contributed by atoms with van der Waals surface area (Å²) in [4.78, 5) is 0. The fourth-order valence-corrected chi connectivity index (χ4v) is 2.33. The first-order valence-corrected chi connectivity index (χ1v) is 7.46. The van der Waals surface area contributed by atoms with Crippen LogP contribution >= 0.6 is 0 Å². The Morgan fingerprint density at radius 1 is 1.30 bits per heavy atom. The van der Waals surface area contributed by atoms with Crippen LogP contribution in [0.2, 0.25) is 0 Å². The van der Waals surface area contributed by atoms with E-state index in [2.05, 4.69) is 5.32 Å². The fourth-order valence-electron chi connectivity index (χ4n) is 2.33. The molecule has 1 aromatic carbocycles. The first-order chi connectivity index (χ1) is 9.84. The quantitative estimate of drug-likeness (QED) is 0.761. The lowest BCUT2D eigenvalue weighted by molar-refractivity contribution is 0.00763. The Labute approximate surface area is 121 Å². The molecule has 1 aliphatic heterocycles. The first-order valence-electron chi connectivity index (χ1n) is 7.46. The summed E-state index contributed by atoms with van der Waals surface area (Å²) < 4.78 is 11.1. The summed E-state index contributed by atoms with van der Waals surface area (Å²) in [6, 6.07) is 9.99. The molecule has 2 atom stereocenters. The molecule has 4 heteroatoms. The van der Waals surface area contributed by atoms with E-state index >= 15 is 0 Å². The number of nitrogens with one attached hydrogen (secondary N) is 1. The lowest BCUT2D eigenvalue weighted by Gasteiger charge is -2.23. The molecule has 112 valence electrons. The van der Waals surface area contributed by atoms with Crippen LogP contribution in [0, 0.1) is 0 Å². The molecule has 20 heavy (non-hydrogen) atoms. The monoisotopic (exact) mass is 279 g/mol. The average Bonchev–Trinajstić information content (AvgIpc) is 2.49. The van der Waals surface area contributed by atoms with E-state index in [0.717, 1.165) is 25.1 Å². The molecule has 4 nitrogen and oxygen atoms in total. The van der Waals surface area contributed by atoms with Gasteiger partial charge >= 0.3 is 0 Å². The van der Waals surface area contributed by atoms with Crippen LogP contribution in [-0.4, -0.2) is 43.6 Å². The van der Waals surface area contributed by atoms with Gasteiger partial charge in [-0.3, -0.25) is 0 Å². The van der Waals surface area contributed by atoms with E-state index in [9.17, 15) is 5.11 Å². The van der Waals surface area contributed by atoms with Crippen LogP contribution < -0.4 is 5.32 Å². The molecule has 0 bridgehead atoms. The third-order valence-electron chi connectivity index (χ3n) is 3.45. The summed E-state index contributed by atoms with van der Waals surface area (Å²) in [6.45, 7) is 3.14. The Morgan fingerprint density at radius 2 is 2.15 bits per heavy atom. The van der Waals surface area contributed by atoms with Crippen molar-refractivity contribution in [3.63, 3.8) is 0 Å². The largest absolute Gasteiger partial charge is 0.389 e. The highest BCUT2D eigenvalue weighted by Gasteiger charge is 2.13. The van der Waals surface area contributed by atoms with Gasteiger partial charge in [0.1, 0.15) is 0 Å². The van der Waals surface area contributed by atoms with Crippen LogP contribution in [-0.2, 0) is 16.1 Å². The Kier molecular flexibility index (Phi) is 7.01. The fraction of sp³-hybridized carbons (Fsp3) is 0.625. The maximum atomic E-state index is 9.83. The zero-order chi connectivity index (χ0) is 14.0. The summed E-state index contributed by atoms with van der Waals surface area (Å²) in [7, 11) is 0. The number of rotatable bonds is 8. The van der Waals surface area contributed by atoms with E-state index < -0.39 is 6.10 Å². The van der Waals surface area contributed by atoms with E-state index in [4.69, 9.17) is 9.47 Å². The number of hydrogen-bond acceptors (Lipinski definition) is 4. The zero-order valence-electron chi connectivity index (χ0n) is 12.0. The second kappa shape index (κ2) is 9.08. The van der Waals surface area contributed by atoms with E-state index in [0.29, 0.717) is 25.9 Å². The lowest BCUT2D eigenvalue weighted by Crippen LogP contribution is -2.37. The predicted molar refractivity (Wildman–Crippen MR) is 78.6 cm³/mol. The van der Waals surface area contributed by atoms with Gasteiger partial charge < -0.3 is 19.9 Å². The summed E-state index contributed by atoms with van der Waals surface area (Å²) >= 11 is 0. The third-order valence-corrected chi connectivity index (χ3v) is 3.45. The predicted octanol–water partition coefficient (Wildman–Crippen LogP) is 1.72. The molecule has 2 rings (SSSR count). The molecule has 1 saturated heterocycles. The topological polar surface area (TPSA) is 50.7 Å². The Hall–Kier alpha value is -0.940. The average molecular weight is 279 g/mol. The molecular weight excluding hydrogens is 254 g/mol. The van der Waals surface area contributed by atoms with Gasteiger partial charge in [0.05, 0.1) is 25.4 Å². The van der Waals surface area contributed by atoms with E-state index in [1.54, 1.807) is 0 Å². The van der Waals surface area contributed by atoms with Gasteiger partial charge in [-0.25, -0.2) is 0 Å². The molecule has 2 N–H and O–H groups in total. The highest BCUT2D eigenvalue weighted by Crippen LogP contribution is 2.11. The van der Waals surface area contributed by atoms with Crippen LogP contribution in [0.5, 0.6) is 0 Å². The Bertz CT molecular complexity index is 352. The number of aliphatic hydroxyl groups is 1. The normalized spacial score (nSPS) is 20.8. The molecule has 0 saturated carbocycles. The first kappa shape index (κ1) is 15.4. The molecule has 1 aliphatic rings. The summed E-state index contributed by atoms with van der Waals surface area (Å²) in [5.41, 5.74) is 1.13. The van der Waals surface area contributed by atoms with Gasteiger partial charge in [-0.05, 0) is 24.8 Å². The smallest absolute Gasteiger partial charge is 0.0897 e. The second-order valence-corrected chi connectivity index (χ2v) is 5.30. The maximum Gasteiger partial charge on any atom is 0.0897 e. The van der Waals surface area contributed by atoms with Crippen molar-refractivity contribution in [3.05, 3.63) is 35.9 Å². The Balaban J connectivity index is 1.50. The highest BCUT2D eigenvalue weighted by atomic mass is 16.5. The number of hydrogen-bond donors (Lipinski definition) is 2. The van der Waals surface area contributed by atoms with Gasteiger partial charge in [0.15, 0.2) is 0 Å². The SMILES string of the molecule is OC(CNCC1CCCCO1)COCc1ccccc1. The minimum atomic E-state index is -0.470. The number of aliphatic hydroxyl groups excluding tert-OH is 1. The summed E-state index contributed by atoms with van der Waals surface area (Å²) in [5.74, 6) is 0. The number of benzene rings is 1. The molecule has 0 spiro atoms. The molecule has 1 aromatic rings. The van der Waals surface area contributed by atoms with Crippen molar-refractivity contribution in [1.29, 1.82) is 0 Å². The van der Waals surface area contributed by atoms with Gasteiger partial charge in [0.25, 0.3) is 0 Å². The minimum absolute atomic E-state index is 0.307. The van der Waals surface area contributed by atoms with Crippen molar-refractivity contribution in [2.75, 3.05) is 26.3 Å². The van der Waals surface area contributed by atoms with E-state index in [-0.39, 0.29) is 0 Å². The Morgan fingerprint density at radius 3 is 2.90 bits per heavy atom. The van der Waals surface area contributed by atoms with Crippen LogP contribution in [0.1, 0.15) is 24.8 Å². The van der Waals surface area contributed by atoms with Crippen LogP contribution in [0.4, 0.5) is 0 Å². The van der Waals surface area contributed by atoms with Crippen molar-refractivity contribution in [3.8, 4) is 0 Å². The third kappa shape index (κ3) is 6.01. The van der Waals surface area contributed by atoms with Gasteiger partial charge in [0, 0.05) is 19.7 Å². The van der Waals surface area contributed by atoms with E-state index in [1.807, 2.05) is 30.3 Å². The van der Waals surface area contributed by atoms with Gasteiger partial charge in [-0.15, -0.1) is 0 Å². The molecular formula is C16H25NO3. The van der Waals surface area contributed by atoms with Gasteiger partial charge in [0.2, 0.25) is 0 Å². The van der Waals surface area contributed by atoms with Crippen LogP contribution in [0.15, 0.2) is 30.3 Å². The minimum Gasteiger partial charge on any atom is -0.389 e. The molecule has 0 radical (unpaired) electrons. The van der Waals surface area contributed by atoms with Crippen LogP contribution in [0.3, 0.4) is 0 Å². The van der Waals surface area contributed by atoms with Crippen molar-refractivity contribution >= 4 is 0 Å². The molecule has 0 amide bonds.